The fourth-order valence-electron chi connectivity index (χ4n) is 1.75. The summed E-state index contributed by atoms with van der Waals surface area (Å²) >= 11 is 0. The molecule has 18 heavy (non-hydrogen) atoms. The van der Waals surface area contributed by atoms with E-state index < -0.39 is 9.84 Å². The number of amides is 1. The van der Waals surface area contributed by atoms with Gasteiger partial charge in [0.1, 0.15) is 11.5 Å². The lowest BCUT2D eigenvalue weighted by Crippen LogP contribution is -2.36. The largest absolute Gasteiger partial charge is 0.384 e. The molecule has 1 saturated heterocycles. The van der Waals surface area contributed by atoms with Crippen LogP contribution in [0, 0.1) is 0 Å². The van der Waals surface area contributed by atoms with Crippen LogP contribution in [0.25, 0.3) is 0 Å². The lowest BCUT2D eigenvalue weighted by molar-refractivity contribution is 0.0936. The summed E-state index contributed by atoms with van der Waals surface area (Å²) in [6.45, 7) is 0. The van der Waals surface area contributed by atoms with E-state index in [2.05, 4.69) is 10.3 Å². The van der Waals surface area contributed by atoms with Gasteiger partial charge in [-0.25, -0.2) is 13.4 Å². The maximum Gasteiger partial charge on any atom is 0.270 e. The van der Waals surface area contributed by atoms with Crippen LogP contribution in [-0.2, 0) is 9.84 Å². The molecule has 2 heterocycles. The molecule has 1 aliphatic rings. The molecule has 0 spiro atoms. The van der Waals surface area contributed by atoms with Gasteiger partial charge in [0, 0.05) is 6.04 Å². The second-order valence-corrected chi connectivity index (χ2v) is 6.25. The fraction of sp³-hybridized carbons (Fsp3) is 0.400. The Bertz CT molecular complexity index is 547. The molecule has 1 amide bonds. The Hall–Kier alpha value is -1.34. The number of hydrogen-bond donors (Lipinski definition) is 2. The molecule has 2 rings (SSSR count). The first-order valence-electron chi connectivity index (χ1n) is 5.20. The van der Waals surface area contributed by atoms with Crippen LogP contribution in [0.3, 0.4) is 0 Å². The minimum absolute atomic E-state index is 0. The minimum Gasteiger partial charge on any atom is -0.384 e. The highest BCUT2D eigenvalue weighted by Crippen LogP contribution is 2.12. The predicted octanol–water partition coefficient (Wildman–Crippen LogP) is 0.00250. The van der Waals surface area contributed by atoms with Crippen molar-refractivity contribution in [2.24, 2.45) is 0 Å². The minimum atomic E-state index is -2.99. The number of halogens is 1. The van der Waals surface area contributed by atoms with Gasteiger partial charge in [0.2, 0.25) is 0 Å². The second-order valence-electron chi connectivity index (χ2n) is 4.02. The molecule has 0 radical (unpaired) electrons. The second kappa shape index (κ2) is 5.53. The van der Waals surface area contributed by atoms with E-state index in [-0.39, 0.29) is 47.4 Å². The summed E-state index contributed by atoms with van der Waals surface area (Å²) in [5.41, 5.74) is 5.66. The van der Waals surface area contributed by atoms with Gasteiger partial charge in [-0.05, 0) is 18.6 Å². The smallest absolute Gasteiger partial charge is 0.270 e. The van der Waals surface area contributed by atoms with Gasteiger partial charge >= 0.3 is 0 Å². The van der Waals surface area contributed by atoms with E-state index in [1.54, 1.807) is 12.1 Å². The van der Waals surface area contributed by atoms with Crippen molar-refractivity contribution in [3.05, 3.63) is 23.9 Å². The first-order valence-corrected chi connectivity index (χ1v) is 7.02. The lowest BCUT2D eigenvalue weighted by Gasteiger charge is -2.10. The zero-order valence-electron chi connectivity index (χ0n) is 9.50. The maximum absolute atomic E-state index is 11.7. The number of anilines is 1. The number of nitrogens with zero attached hydrogens (tertiary/aromatic N) is 1. The first-order chi connectivity index (χ1) is 7.96. The Kier molecular flexibility index (Phi) is 4.53. The monoisotopic (exact) mass is 291 g/mol. The molecule has 0 saturated carbocycles. The Balaban J connectivity index is 0.00000162. The van der Waals surface area contributed by atoms with Crippen molar-refractivity contribution in [3.8, 4) is 0 Å². The molecule has 1 unspecified atom stereocenters. The van der Waals surface area contributed by atoms with Gasteiger partial charge < -0.3 is 11.1 Å². The SMILES string of the molecule is Cl.Nc1cccc(C(=O)NC2CCS(=O)(=O)C2)n1. The van der Waals surface area contributed by atoms with Crippen molar-refractivity contribution in [3.63, 3.8) is 0 Å². The zero-order valence-corrected chi connectivity index (χ0v) is 11.1. The summed E-state index contributed by atoms with van der Waals surface area (Å²) < 4.78 is 22.5. The molecule has 6 nitrogen and oxygen atoms in total. The summed E-state index contributed by atoms with van der Waals surface area (Å²) in [6.07, 6.45) is 0.455. The van der Waals surface area contributed by atoms with E-state index >= 15 is 0 Å². The third-order valence-electron chi connectivity index (χ3n) is 2.57. The van der Waals surface area contributed by atoms with E-state index in [4.69, 9.17) is 5.73 Å². The lowest BCUT2D eigenvalue weighted by atomic mass is 10.2. The number of aromatic nitrogens is 1. The van der Waals surface area contributed by atoms with Crippen molar-refractivity contribution < 1.29 is 13.2 Å². The van der Waals surface area contributed by atoms with Crippen molar-refractivity contribution in [1.82, 2.24) is 10.3 Å². The number of pyridine rings is 1. The van der Waals surface area contributed by atoms with Crippen LogP contribution < -0.4 is 11.1 Å². The van der Waals surface area contributed by atoms with E-state index in [1.807, 2.05) is 0 Å². The molecule has 1 fully saturated rings. The predicted molar refractivity (Wildman–Crippen MR) is 70.4 cm³/mol. The van der Waals surface area contributed by atoms with Gasteiger partial charge in [0.15, 0.2) is 9.84 Å². The molecule has 1 aromatic heterocycles. The highest BCUT2D eigenvalue weighted by molar-refractivity contribution is 7.91. The topological polar surface area (TPSA) is 102 Å². The van der Waals surface area contributed by atoms with Crippen LogP contribution >= 0.6 is 12.4 Å². The molecule has 0 aliphatic carbocycles. The number of nitrogen functional groups attached to an aromatic ring is 1. The van der Waals surface area contributed by atoms with Gasteiger partial charge in [0.05, 0.1) is 11.5 Å². The highest BCUT2D eigenvalue weighted by atomic mass is 35.5. The summed E-state index contributed by atoms with van der Waals surface area (Å²) in [7, 11) is -2.99. The van der Waals surface area contributed by atoms with Crippen LogP contribution in [-0.4, -0.2) is 36.9 Å². The Morgan fingerprint density at radius 2 is 2.17 bits per heavy atom. The van der Waals surface area contributed by atoms with Crippen LogP contribution in [0.2, 0.25) is 0 Å². The van der Waals surface area contributed by atoms with Crippen molar-refractivity contribution in [1.29, 1.82) is 0 Å². The number of rotatable bonds is 2. The Labute approximate surface area is 111 Å². The van der Waals surface area contributed by atoms with E-state index in [9.17, 15) is 13.2 Å². The number of nitrogens with two attached hydrogens (primary N) is 1. The van der Waals surface area contributed by atoms with E-state index in [0.717, 1.165) is 0 Å². The van der Waals surface area contributed by atoms with E-state index in [0.29, 0.717) is 6.42 Å². The molecule has 0 aromatic carbocycles. The Morgan fingerprint density at radius 3 is 2.72 bits per heavy atom. The van der Waals surface area contributed by atoms with Crippen molar-refractivity contribution >= 4 is 34.0 Å². The maximum atomic E-state index is 11.7. The first kappa shape index (κ1) is 14.7. The number of hydrogen-bond acceptors (Lipinski definition) is 5. The standard InChI is InChI=1S/C10H13N3O3S.ClH/c11-9-3-1-2-8(13-9)10(14)12-7-4-5-17(15,16)6-7;/h1-3,7H,4-6H2,(H2,11,13)(H,12,14);1H. The third-order valence-corrected chi connectivity index (χ3v) is 4.34. The molecular formula is C10H14ClN3O3S. The van der Waals surface area contributed by atoms with Crippen molar-refractivity contribution in [2.45, 2.75) is 12.5 Å². The molecular weight excluding hydrogens is 278 g/mol. The molecule has 1 aromatic rings. The zero-order chi connectivity index (χ0) is 12.5. The van der Waals surface area contributed by atoms with Gasteiger partial charge in [-0.3, -0.25) is 4.79 Å². The average molecular weight is 292 g/mol. The Morgan fingerprint density at radius 1 is 1.44 bits per heavy atom. The summed E-state index contributed by atoms with van der Waals surface area (Å²) in [6, 6.07) is 4.42. The quantitative estimate of drug-likeness (QED) is 0.799. The summed E-state index contributed by atoms with van der Waals surface area (Å²) in [4.78, 5) is 15.6. The average Bonchev–Trinajstić information content (AvgIpc) is 2.58. The number of carbonyl (C=O) groups is 1. The van der Waals surface area contributed by atoms with Gasteiger partial charge in [-0.1, -0.05) is 6.07 Å². The molecule has 8 heteroatoms. The molecule has 3 N–H and O–H groups in total. The van der Waals surface area contributed by atoms with Crippen LogP contribution in [0.15, 0.2) is 18.2 Å². The molecule has 0 bridgehead atoms. The normalized spacial score (nSPS) is 21.0. The number of sulfone groups is 1. The highest BCUT2D eigenvalue weighted by Gasteiger charge is 2.29. The van der Waals surface area contributed by atoms with Crippen molar-refractivity contribution in [2.75, 3.05) is 17.2 Å². The number of nitrogens with one attached hydrogen (secondary N) is 1. The molecule has 1 aliphatic heterocycles. The fourth-order valence-corrected chi connectivity index (χ4v) is 3.42. The molecule has 1 atom stereocenters. The number of carbonyl (C=O) groups excluding carboxylic acids is 1. The third kappa shape index (κ3) is 3.58. The van der Waals surface area contributed by atoms with Crippen LogP contribution in [0.4, 0.5) is 5.82 Å². The summed E-state index contributed by atoms with van der Waals surface area (Å²) in [5, 5.41) is 2.64. The van der Waals surface area contributed by atoms with Gasteiger partial charge in [-0.15, -0.1) is 12.4 Å². The van der Waals surface area contributed by atoms with Gasteiger partial charge in [-0.2, -0.15) is 0 Å². The van der Waals surface area contributed by atoms with Crippen LogP contribution in [0.5, 0.6) is 0 Å². The van der Waals surface area contributed by atoms with Gasteiger partial charge in [0.25, 0.3) is 5.91 Å². The van der Waals surface area contributed by atoms with Crippen LogP contribution in [0.1, 0.15) is 16.9 Å². The summed E-state index contributed by atoms with van der Waals surface area (Å²) in [5.74, 6) is -0.000284. The molecule has 100 valence electrons. The van der Waals surface area contributed by atoms with E-state index in [1.165, 1.54) is 6.07 Å².